The Labute approximate surface area is 163 Å². The number of nitrogens with zero attached hydrogens (tertiary/aromatic N) is 1. The van der Waals surface area contributed by atoms with E-state index in [9.17, 15) is 14.4 Å². The zero-order valence-corrected chi connectivity index (χ0v) is 16.3. The first-order valence-corrected chi connectivity index (χ1v) is 10.3. The molecule has 27 heavy (non-hydrogen) atoms. The predicted octanol–water partition coefficient (Wildman–Crippen LogP) is 1.76. The first kappa shape index (κ1) is 19.8. The van der Waals surface area contributed by atoms with Gasteiger partial charge in [-0.15, -0.1) is 11.3 Å². The van der Waals surface area contributed by atoms with Gasteiger partial charge in [0.15, 0.2) is 0 Å². The molecule has 2 aliphatic rings. The van der Waals surface area contributed by atoms with E-state index in [4.69, 9.17) is 5.11 Å². The highest BCUT2D eigenvalue weighted by molar-refractivity contribution is 7.10. The summed E-state index contributed by atoms with van der Waals surface area (Å²) in [5.74, 6) is -0.397. The molecule has 3 N–H and O–H groups in total. The van der Waals surface area contributed by atoms with E-state index in [0.29, 0.717) is 5.92 Å². The first-order valence-electron chi connectivity index (χ1n) is 9.46. The molecule has 2 fully saturated rings. The van der Waals surface area contributed by atoms with Crippen LogP contribution in [0.2, 0.25) is 0 Å². The van der Waals surface area contributed by atoms with Gasteiger partial charge in [-0.25, -0.2) is 0 Å². The van der Waals surface area contributed by atoms with Crippen LogP contribution in [0.1, 0.15) is 49.9 Å². The minimum absolute atomic E-state index is 0.0742. The highest BCUT2D eigenvalue weighted by Gasteiger charge is 2.37. The summed E-state index contributed by atoms with van der Waals surface area (Å²) in [7, 11) is 0. The average Bonchev–Trinajstić information content (AvgIpc) is 3.18. The fourth-order valence-corrected chi connectivity index (χ4v) is 4.36. The summed E-state index contributed by atoms with van der Waals surface area (Å²) in [6.07, 6.45) is 4.17. The molecule has 2 amide bonds. The third-order valence-corrected chi connectivity index (χ3v) is 6.16. The Kier molecular flexibility index (Phi) is 6.49. The van der Waals surface area contributed by atoms with Crippen LogP contribution in [0.3, 0.4) is 0 Å². The molecule has 0 bridgehead atoms. The zero-order chi connectivity index (χ0) is 19.4. The lowest BCUT2D eigenvalue weighted by Gasteiger charge is -2.42. The minimum Gasteiger partial charge on any atom is -0.480 e. The van der Waals surface area contributed by atoms with E-state index in [1.54, 1.807) is 0 Å². The molecule has 0 aliphatic heterocycles. The Morgan fingerprint density at radius 3 is 2.63 bits per heavy atom. The van der Waals surface area contributed by atoms with Gasteiger partial charge in [0.2, 0.25) is 11.8 Å². The van der Waals surface area contributed by atoms with Crippen molar-refractivity contribution in [2.24, 2.45) is 5.92 Å². The molecule has 2 saturated carbocycles. The molecule has 1 atom stereocenters. The van der Waals surface area contributed by atoms with Crippen molar-refractivity contribution >= 4 is 29.1 Å². The van der Waals surface area contributed by atoms with Crippen LogP contribution in [0.5, 0.6) is 0 Å². The fourth-order valence-electron chi connectivity index (χ4n) is 3.58. The Morgan fingerprint density at radius 1 is 1.33 bits per heavy atom. The third-order valence-electron chi connectivity index (χ3n) is 5.18. The molecular formula is C19H27N3O4S. The normalized spacial score (nSPS) is 22.7. The molecule has 1 aromatic rings. The molecule has 1 heterocycles. The van der Waals surface area contributed by atoms with Gasteiger partial charge in [-0.05, 0) is 43.0 Å². The molecule has 0 saturated heterocycles. The Balaban J connectivity index is 1.45. The van der Waals surface area contributed by atoms with Gasteiger partial charge in [-0.1, -0.05) is 6.07 Å². The average molecular weight is 394 g/mol. The number of aliphatic carboxylic acids is 1. The first-order chi connectivity index (χ1) is 12.9. The van der Waals surface area contributed by atoms with Crippen molar-refractivity contribution in [2.75, 3.05) is 13.1 Å². The molecule has 3 rings (SSSR count). The third kappa shape index (κ3) is 6.04. The van der Waals surface area contributed by atoms with Gasteiger partial charge >= 0.3 is 5.97 Å². The van der Waals surface area contributed by atoms with E-state index in [-0.39, 0.29) is 42.9 Å². The van der Waals surface area contributed by atoms with Crippen LogP contribution >= 0.6 is 11.3 Å². The lowest BCUT2D eigenvalue weighted by molar-refractivity contribution is -0.140. The highest BCUT2D eigenvalue weighted by atomic mass is 32.1. The molecule has 148 valence electrons. The van der Waals surface area contributed by atoms with Crippen LogP contribution in [-0.4, -0.2) is 53.0 Å². The topological polar surface area (TPSA) is 98.7 Å². The summed E-state index contributed by atoms with van der Waals surface area (Å²) in [6, 6.07) is 3.83. The van der Waals surface area contributed by atoms with Gasteiger partial charge in [0, 0.05) is 30.4 Å². The molecule has 0 radical (unpaired) electrons. The molecule has 8 heteroatoms. The molecule has 2 aliphatic carbocycles. The van der Waals surface area contributed by atoms with Crippen molar-refractivity contribution < 1.29 is 19.5 Å². The molecule has 1 unspecified atom stereocenters. The highest BCUT2D eigenvalue weighted by Crippen LogP contribution is 2.34. The molecule has 1 aromatic heterocycles. The summed E-state index contributed by atoms with van der Waals surface area (Å²) >= 11 is 1.52. The summed E-state index contributed by atoms with van der Waals surface area (Å²) in [4.78, 5) is 37.9. The van der Waals surface area contributed by atoms with E-state index in [0.717, 1.165) is 24.3 Å². The number of rotatable bonds is 10. The summed E-state index contributed by atoms with van der Waals surface area (Å²) in [5, 5.41) is 16.9. The van der Waals surface area contributed by atoms with E-state index in [1.165, 1.54) is 31.1 Å². The maximum atomic E-state index is 12.4. The van der Waals surface area contributed by atoms with E-state index >= 15 is 0 Å². The SMILES string of the molecule is CC(=O)NC(CC(=O)NC1CC(N(CC(=O)O)CC2CC2)C1)c1cccs1. The Morgan fingerprint density at radius 2 is 2.07 bits per heavy atom. The van der Waals surface area contributed by atoms with Crippen LogP contribution in [0.15, 0.2) is 17.5 Å². The van der Waals surface area contributed by atoms with Gasteiger partial charge in [0.1, 0.15) is 0 Å². The molecular weight excluding hydrogens is 366 g/mol. The van der Waals surface area contributed by atoms with E-state index in [1.807, 2.05) is 17.5 Å². The lowest BCUT2D eigenvalue weighted by Crippen LogP contribution is -2.55. The van der Waals surface area contributed by atoms with Crippen LogP contribution in [-0.2, 0) is 14.4 Å². The van der Waals surface area contributed by atoms with Gasteiger partial charge in [-0.3, -0.25) is 19.3 Å². The Bertz CT molecular complexity index is 669. The largest absolute Gasteiger partial charge is 0.480 e. The number of carboxylic acids is 1. The predicted molar refractivity (Wildman–Crippen MR) is 102 cm³/mol. The Hall–Kier alpha value is -1.93. The summed E-state index contributed by atoms with van der Waals surface area (Å²) in [6.45, 7) is 2.37. The number of carbonyl (C=O) groups excluding carboxylic acids is 2. The maximum absolute atomic E-state index is 12.4. The quantitative estimate of drug-likeness (QED) is 0.563. The van der Waals surface area contributed by atoms with Gasteiger partial charge < -0.3 is 15.7 Å². The minimum atomic E-state index is -0.794. The standard InChI is InChI=1S/C19H27N3O4S/c1-12(23)20-16(17-3-2-6-27-17)9-18(24)21-14-7-15(8-14)22(11-19(25)26)10-13-4-5-13/h2-3,6,13-16H,4-5,7-11H2,1H3,(H,20,23)(H,21,24)(H,25,26). The number of hydrogen-bond acceptors (Lipinski definition) is 5. The van der Waals surface area contributed by atoms with Crippen LogP contribution in [0.25, 0.3) is 0 Å². The van der Waals surface area contributed by atoms with E-state index in [2.05, 4.69) is 15.5 Å². The smallest absolute Gasteiger partial charge is 0.317 e. The number of hydrogen-bond donors (Lipinski definition) is 3. The summed E-state index contributed by atoms with van der Waals surface area (Å²) < 4.78 is 0. The zero-order valence-electron chi connectivity index (χ0n) is 15.5. The second-order valence-corrected chi connectivity index (χ2v) is 8.61. The van der Waals surface area contributed by atoms with Crippen molar-refractivity contribution in [3.63, 3.8) is 0 Å². The van der Waals surface area contributed by atoms with Crippen molar-refractivity contribution in [1.29, 1.82) is 0 Å². The van der Waals surface area contributed by atoms with Crippen molar-refractivity contribution in [3.8, 4) is 0 Å². The maximum Gasteiger partial charge on any atom is 0.317 e. The van der Waals surface area contributed by atoms with Crippen LogP contribution < -0.4 is 10.6 Å². The van der Waals surface area contributed by atoms with Crippen LogP contribution in [0.4, 0.5) is 0 Å². The number of carbonyl (C=O) groups is 3. The fraction of sp³-hybridized carbons (Fsp3) is 0.632. The summed E-state index contributed by atoms with van der Waals surface area (Å²) in [5.41, 5.74) is 0. The van der Waals surface area contributed by atoms with Crippen molar-refractivity contribution in [3.05, 3.63) is 22.4 Å². The van der Waals surface area contributed by atoms with Crippen molar-refractivity contribution in [2.45, 2.75) is 57.2 Å². The van der Waals surface area contributed by atoms with Gasteiger partial charge in [0.25, 0.3) is 0 Å². The lowest BCUT2D eigenvalue weighted by atomic mass is 9.85. The molecule has 7 nitrogen and oxygen atoms in total. The van der Waals surface area contributed by atoms with Gasteiger partial charge in [0.05, 0.1) is 19.0 Å². The van der Waals surface area contributed by atoms with Gasteiger partial charge in [-0.2, -0.15) is 0 Å². The van der Waals surface area contributed by atoms with Crippen molar-refractivity contribution in [1.82, 2.24) is 15.5 Å². The number of carboxylic acid groups (broad SMARTS) is 1. The number of amides is 2. The number of thiophene rings is 1. The second-order valence-electron chi connectivity index (χ2n) is 7.63. The second kappa shape index (κ2) is 8.84. The molecule has 0 spiro atoms. The molecule has 0 aromatic carbocycles. The number of nitrogens with one attached hydrogen (secondary N) is 2. The van der Waals surface area contributed by atoms with E-state index < -0.39 is 5.97 Å². The monoisotopic (exact) mass is 393 g/mol. The van der Waals surface area contributed by atoms with Crippen LogP contribution in [0, 0.1) is 5.92 Å².